The Hall–Kier alpha value is -0.530. The number of nitrogens with one attached hydrogen (secondary N) is 1. The van der Waals surface area contributed by atoms with E-state index in [-0.39, 0.29) is 0 Å². The number of hydrogen-bond donors (Lipinski definition) is 1. The zero-order chi connectivity index (χ0) is 11.3. The SMILES string of the molecule is CC(C)NC(=O)C1C2CC3CC(C2)CC1C3. The minimum atomic E-state index is 0.296. The van der Waals surface area contributed by atoms with Gasteiger partial charge in [-0.3, -0.25) is 4.79 Å². The van der Waals surface area contributed by atoms with Crippen molar-refractivity contribution < 1.29 is 4.79 Å². The number of amides is 1. The molecule has 0 heterocycles. The normalized spacial score (nSPS) is 45.1. The molecule has 0 aromatic heterocycles. The molecule has 16 heavy (non-hydrogen) atoms. The first-order chi connectivity index (χ1) is 7.63. The van der Waals surface area contributed by atoms with Crippen molar-refractivity contribution in [2.75, 3.05) is 0 Å². The van der Waals surface area contributed by atoms with E-state index in [0.717, 1.165) is 23.7 Å². The standard InChI is InChI=1S/C14H23NO/c1-8(2)15-14(16)13-11-4-9-3-10(6-11)7-12(13)5-9/h8-13H,3-7H2,1-2H3,(H,15,16). The van der Waals surface area contributed by atoms with Crippen LogP contribution in [0.3, 0.4) is 0 Å². The highest BCUT2D eigenvalue weighted by Gasteiger charge is 2.50. The fourth-order valence-corrected chi connectivity index (χ4v) is 4.73. The van der Waals surface area contributed by atoms with Gasteiger partial charge in [-0.2, -0.15) is 0 Å². The summed E-state index contributed by atoms with van der Waals surface area (Å²) in [6, 6.07) is 0.296. The molecule has 0 unspecified atom stereocenters. The molecule has 1 N–H and O–H groups in total. The summed E-state index contributed by atoms with van der Waals surface area (Å²) in [5.41, 5.74) is 0. The number of carbonyl (C=O) groups excluding carboxylic acids is 1. The van der Waals surface area contributed by atoms with Crippen LogP contribution in [0.2, 0.25) is 0 Å². The summed E-state index contributed by atoms with van der Waals surface area (Å²) < 4.78 is 0. The van der Waals surface area contributed by atoms with E-state index in [9.17, 15) is 4.79 Å². The van der Waals surface area contributed by atoms with E-state index in [1.807, 2.05) is 0 Å². The molecule has 0 atom stereocenters. The molecule has 4 fully saturated rings. The van der Waals surface area contributed by atoms with Crippen molar-refractivity contribution >= 4 is 5.91 Å². The number of hydrogen-bond acceptors (Lipinski definition) is 1. The predicted octanol–water partition coefficient (Wildman–Crippen LogP) is 2.58. The van der Waals surface area contributed by atoms with Gasteiger partial charge < -0.3 is 5.32 Å². The van der Waals surface area contributed by atoms with Gasteiger partial charge in [0.1, 0.15) is 0 Å². The molecule has 0 radical (unpaired) electrons. The third-order valence-corrected chi connectivity index (χ3v) is 4.96. The van der Waals surface area contributed by atoms with Crippen molar-refractivity contribution in [3.8, 4) is 0 Å². The van der Waals surface area contributed by atoms with Crippen LogP contribution in [0.4, 0.5) is 0 Å². The lowest BCUT2D eigenvalue weighted by Gasteiger charge is -2.53. The van der Waals surface area contributed by atoms with Crippen molar-refractivity contribution in [2.45, 2.75) is 52.0 Å². The summed E-state index contributed by atoms with van der Waals surface area (Å²) in [7, 11) is 0. The third kappa shape index (κ3) is 1.66. The first-order valence-electron chi connectivity index (χ1n) is 6.94. The summed E-state index contributed by atoms with van der Waals surface area (Å²) >= 11 is 0. The molecule has 0 saturated heterocycles. The molecule has 4 aliphatic rings. The molecule has 2 nitrogen and oxygen atoms in total. The fourth-order valence-electron chi connectivity index (χ4n) is 4.73. The summed E-state index contributed by atoms with van der Waals surface area (Å²) in [5.74, 6) is 4.07. The van der Waals surface area contributed by atoms with Gasteiger partial charge in [-0.1, -0.05) is 0 Å². The second-order valence-electron chi connectivity index (χ2n) is 6.62. The lowest BCUT2D eigenvalue weighted by Crippen LogP contribution is -2.51. The highest BCUT2D eigenvalue weighted by molar-refractivity contribution is 5.79. The third-order valence-electron chi connectivity index (χ3n) is 4.96. The average Bonchev–Trinajstić information content (AvgIpc) is 2.13. The van der Waals surface area contributed by atoms with Gasteiger partial charge >= 0.3 is 0 Å². The maximum Gasteiger partial charge on any atom is 0.223 e. The highest BCUT2D eigenvalue weighted by atomic mass is 16.2. The Bertz CT molecular complexity index is 269. The Labute approximate surface area is 98.2 Å². The summed E-state index contributed by atoms with van der Waals surface area (Å²) in [5, 5.41) is 3.13. The first kappa shape index (κ1) is 10.6. The number of rotatable bonds is 2. The Kier molecular flexibility index (Phi) is 2.49. The second-order valence-corrected chi connectivity index (χ2v) is 6.62. The maximum atomic E-state index is 12.2. The lowest BCUT2D eigenvalue weighted by atomic mass is 9.51. The molecule has 90 valence electrons. The average molecular weight is 221 g/mol. The van der Waals surface area contributed by atoms with E-state index in [0.29, 0.717) is 17.9 Å². The Morgan fingerprint density at radius 1 is 1.00 bits per heavy atom. The molecule has 2 heteroatoms. The monoisotopic (exact) mass is 221 g/mol. The van der Waals surface area contributed by atoms with Crippen LogP contribution in [0.5, 0.6) is 0 Å². The molecule has 4 rings (SSSR count). The van der Waals surface area contributed by atoms with Gasteiger partial charge in [0, 0.05) is 12.0 Å². The van der Waals surface area contributed by atoms with Crippen LogP contribution in [0.15, 0.2) is 0 Å². The summed E-state index contributed by atoms with van der Waals surface area (Å²) in [4.78, 5) is 12.2. The largest absolute Gasteiger partial charge is 0.354 e. The first-order valence-corrected chi connectivity index (χ1v) is 6.94. The lowest BCUT2D eigenvalue weighted by molar-refractivity contribution is -0.138. The van der Waals surface area contributed by atoms with Crippen molar-refractivity contribution in [3.63, 3.8) is 0 Å². The minimum Gasteiger partial charge on any atom is -0.354 e. The Morgan fingerprint density at radius 2 is 1.50 bits per heavy atom. The van der Waals surface area contributed by atoms with Crippen LogP contribution >= 0.6 is 0 Å². The van der Waals surface area contributed by atoms with Crippen LogP contribution in [0, 0.1) is 29.6 Å². The van der Waals surface area contributed by atoms with Gasteiger partial charge in [0.15, 0.2) is 0 Å². The molecular formula is C14H23NO. The topological polar surface area (TPSA) is 29.1 Å². The molecule has 1 amide bonds. The molecular weight excluding hydrogens is 198 g/mol. The van der Waals surface area contributed by atoms with E-state index in [2.05, 4.69) is 19.2 Å². The molecule has 0 aromatic rings. The van der Waals surface area contributed by atoms with Crippen LogP contribution in [0.1, 0.15) is 46.0 Å². The zero-order valence-corrected chi connectivity index (χ0v) is 10.4. The maximum absolute atomic E-state index is 12.2. The molecule has 0 aromatic carbocycles. The second kappa shape index (κ2) is 3.75. The fraction of sp³-hybridized carbons (Fsp3) is 0.929. The zero-order valence-electron chi connectivity index (χ0n) is 10.4. The van der Waals surface area contributed by atoms with Crippen LogP contribution in [0.25, 0.3) is 0 Å². The molecule has 0 spiro atoms. The molecule has 4 aliphatic carbocycles. The molecule has 4 saturated carbocycles. The summed E-state index contributed by atoms with van der Waals surface area (Å²) in [6.45, 7) is 4.13. The molecule has 0 aliphatic heterocycles. The Balaban J connectivity index is 1.74. The van der Waals surface area contributed by atoms with Crippen molar-refractivity contribution in [1.82, 2.24) is 5.32 Å². The smallest absolute Gasteiger partial charge is 0.223 e. The van der Waals surface area contributed by atoms with Gasteiger partial charge in [-0.25, -0.2) is 0 Å². The van der Waals surface area contributed by atoms with E-state index in [1.54, 1.807) is 0 Å². The van der Waals surface area contributed by atoms with Gasteiger partial charge in [-0.15, -0.1) is 0 Å². The van der Waals surface area contributed by atoms with Crippen LogP contribution in [-0.4, -0.2) is 11.9 Å². The van der Waals surface area contributed by atoms with E-state index in [4.69, 9.17) is 0 Å². The van der Waals surface area contributed by atoms with Gasteiger partial charge in [0.25, 0.3) is 0 Å². The molecule has 4 bridgehead atoms. The predicted molar refractivity (Wildman–Crippen MR) is 63.8 cm³/mol. The van der Waals surface area contributed by atoms with Gasteiger partial charge in [0.2, 0.25) is 5.91 Å². The minimum absolute atomic E-state index is 0.296. The van der Waals surface area contributed by atoms with Gasteiger partial charge in [0.05, 0.1) is 0 Å². The van der Waals surface area contributed by atoms with Crippen LogP contribution < -0.4 is 5.32 Å². The van der Waals surface area contributed by atoms with E-state index < -0.39 is 0 Å². The van der Waals surface area contributed by atoms with Crippen molar-refractivity contribution in [1.29, 1.82) is 0 Å². The number of carbonyl (C=O) groups is 1. The van der Waals surface area contributed by atoms with Crippen molar-refractivity contribution in [3.05, 3.63) is 0 Å². The van der Waals surface area contributed by atoms with E-state index >= 15 is 0 Å². The van der Waals surface area contributed by atoms with Gasteiger partial charge in [-0.05, 0) is 69.6 Å². The quantitative estimate of drug-likeness (QED) is 0.763. The van der Waals surface area contributed by atoms with Crippen molar-refractivity contribution in [2.24, 2.45) is 29.6 Å². The highest BCUT2D eigenvalue weighted by Crippen LogP contribution is 2.56. The summed E-state index contributed by atoms with van der Waals surface area (Å²) in [6.07, 6.45) is 6.81. The van der Waals surface area contributed by atoms with E-state index in [1.165, 1.54) is 32.1 Å². The van der Waals surface area contributed by atoms with Crippen LogP contribution in [-0.2, 0) is 4.79 Å². The Morgan fingerprint density at radius 3 is 1.94 bits per heavy atom.